The van der Waals surface area contributed by atoms with E-state index in [0.717, 1.165) is 5.56 Å². The molecule has 8 nitrogen and oxygen atoms in total. The SMILES string of the molecule is CC(C)(C)OC(=O)NC(CSCCCNC(=O)OCc1ccccc1)C(=O)O. The van der Waals surface area contributed by atoms with Gasteiger partial charge in [-0.2, -0.15) is 11.8 Å². The summed E-state index contributed by atoms with van der Waals surface area (Å²) >= 11 is 1.37. The summed E-state index contributed by atoms with van der Waals surface area (Å²) in [5.74, 6) is -0.299. The van der Waals surface area contributed by atoms with E-state index in [4.69, 9.17) is 9.47 Å². The Hall–Kier alpha value is -2.42. The standard InChI is InChI=1S/C19H28N2O6S/c1-19(2,3)27-18(25)21-15(16(22)23)13-28-11-7-10-20-17(24)26-12-14-8-5-4-6-9-14/h4-6,8-9,15H,7,10-13H2,1-3H3,(H,20,24)(H,21,25)(H,22,23). The molecule has 0 radical (unpaired) electrons. The number of alkyl carbamates (subject to hydrolysis) is 2. The van der Waals surface area contributed by atoms with Crippen LogP contribution >= 0.6 is 11.8 Å². The first kappa shape index (κ1) is 23.6. The Morgan fingerprint density at radius 1 is 1.14 bits per heavy atom. The number of thioether (sulfide) groups is 1. The second kappa shape index (κ2) is 12.1. The van der Waals surface area contributed by atoms with Crippen LogP contribution in [0.4, 0.5) is 9.59 Å². The third-order valence-electron chi connectivity index (χ3n) is 3.22. The number of rotatable bonds is 10. The van der Waals surface area contributed by atoms with Crippen LogP contribution in [0.5, 0.6) is 0 Å². The van der Waals surface area contributed by atoms with E-state index in [1.165, 1.54) is 11.8 Å². The lowest BCUT2D eigenvalue weighted by Gasteiger charge is -2.21. The normalized spacial score (nSPS) is 12.0. The van der Waals surface area contributed by atoms with Crippen molar-refractivity contribution in [3.63, 3.8) is 0 Å². The number of hydrogen-bond donors (Lipinski definition) is 3. The number of carbonyl (C=O) groups is 3. The average Bonchev–Trinajstić information content (AvgIpc) is 2.61. The van der Waals surface area contributed by atoms with Crippen LogP contribution in [0.15, 0.2) is 30.3 Å². The van der Waals surface area contributed by atoms with Crippen LogP contribution in [-0.4, -0.2) is 53.0 Å². The molecule has 0 aromatic heterocycles. The van der Waals surface area contributed by atoms with E-state index in [1.807, 2.05) is 30.3 Å². The molecule has 1 atom stereocenters. The van der Waals surface area contributed by atoms with Gasteiger partial charge in [0.15, 0.2) is 0 Å². The maximum absolute atomic E-state index is 11.7. The van der Waals surface area contributed by atoms with Crippen LogP contribution < -0.4 is 10.6 Å². The second-order valence-electron chi connectivity index (χ2n) is 6.95. The fourth-order valence-corrected chi connectivity index (χ4v) is 2.94. The van der Waals surface area contributed by atoms with Crippen molar-refractivity contribution < 1.29 is 29.0 Å². The van der Waals surface area contributed by atoms with E-state index in [9.17, 15) is 19.5 Å². The molecule has 0 saturated heterocycles. The van der Waals surface area contributed by atoms with Crippen molar-refractivity contribution in [2.45, 2.75) is 45.4 Å². The summed E-state index contributed by atoms with van der Waals surface area (Å²) in [7, 11) is 0. The fraction of sp³-hybridized carbons (Fsp3) is 0.526. The van der Waals surface area contributed by atoms with E-state index in [1.54, 1.807) is 20.8 Å². The zero-order chi connectivity index (χ0) is 21.0. The summed E-state index contributed by atoms with van der Waals surface area (Å²) in [5.41, 5.74) is 0.214. The molecule has 0 aliphatic heterocycles. The van der Waals surface area contributed by atoms with Crippen molar-refractivity contribution in [1.82, 2.24) is 10.6 Å². The number of benzene rings is 1. The van der Waals surface area contributed by atoms with Gasteiger partial charge < -0.3 is 25.2 Å². The Balaban J connectivity index is 2.15. The molecule has 156 valence electrons. The molecule has 0 aliphatic rings. The van der Waals surface area contributed by atoms with Crippen LogP contribution in [-0.2, 0) is 20.9 Å². The Kier molecular flexibility index (Phi) is 10.2. The molecule has 28 heavy (non-hydrogen) atoms. The molecule has 9 heteroatoms. The van der Waals surface area contributed by atoms with Crippen molar-refractivity contribution in [2.75, 3.05) is 18.1 Å². The molecule has 1 unspecified atom stereocenters. The van der Waals surface area contributed by atoms with Gasteiger partial charge in [0.2, 0.25) is 0 Å². The highest BCUT2D eigenvalue weighted by Gasteiger charge is 2.23. The van der Waals surface area contributed by atoms with Crippen molar-refractivity contribution in [1.29, 1.82) is 0 Å². The van der Waals surface area contributed by atoms with E-state index >= 15 is 0 Å². The molecule has 0 heterocycles. The zero-order valence-corrected chi connectivity index (χ0v) is 17.2. The third kappa shape index (κ3) is 11.3. The highest BCUT2D eigenvalue weighted by atomic mass is 32.2. The Morgan fingerprint density at radius 3 is 2.43 bits per heavy atom. The molecule has 1 rings (SSSR count). The maximum atomic E-state index is 11.7. The van der Waals surface area contributed by atoms with Gasteiger partial charge in [0, 0.05) is 12.3 Å². The Labute approximate surface area is 169 Å². The molecule has 2 amide bonds. The molecule has 3 N–H and O–H groups in total. The molecule has 1 aromatic rings. The highest BCUT2D eigenvalue weighted by molar-refractivity contribution is 7.99. The largest absolute Gasteiger partial charge is 0.480 e. The molecular formula is C19H28N2O6S. The number of hydrogen-bond acceptors (Lipinski definition) is 6. The predicted molar refractivity (Wildman–Crippen MR) is 107 cm³/mol. The van der Waals surface area contributed by atoms with Gasteiger partial charge in [-0.25, -0.2) is 14.4 Å². The first-order valence-corrected chi connectivity index (χ1v) is 10.1. The quantitative estimate of drug-likeness (QED) is 0.506. The first-order valence-electron chi connectivity index (χ1n) is 8.92. The number of nitrogens with one attached hydrogen (secondary N) is 2. The van der Waals surface area contributed by atoms with Crippen LogP contribution in [0.1, 0.15) is 32.8 Å². The smallest absolute Gasteiger partial charge is 0.408 e. The summed E-state index contributed by atoms with van der Waals surface area (Å²) in [5, 5.41) is 14.2. The van der Waals surface area contributed by atoms with Gasteiger partial charge >= 0.3 is 18.2 Å². The Morgan fingerprint density at radius 2 is 1.82 bits per heavy atom. The van der Waals surface area contributed by atoms with Crippen molar-refractivity contribution in [3.05, 3.63) is 35.9 Å². The zero-order valence-electron chi connectivity index (χ0n) is 16.4. The molecule has 0 fully saturated rings. The number of carbonyl (C=O) groups excluding carboxylic acids is 2. The number of amides is 2. The second-order valence-corrected chi connectivity index (χ2v) is 8.10. The van der Waals surface area contributed by atoms with E-state index in [-0.39, 0.29) is 12.4 Å². The predicted octanol–water partition coefficient (Wildman–Crippen LogP) is 3.01. The maximum Gasteiger partial charge on any atom is 0.408 e. The summed E-state index contributed by atoms with van der Waals surface area (Å²) in [6, 6.07) is 8.33. The fourth-order valence-electron chi connectivity index (χ4n) is 1.96. The molecule has 1 aromatic carbocycles. The van der Waals surface area contributed by atoms with Gasteiger partial charge in [-0.15, -0.1) is 0 Å². The summed E-state index contributed by atoms with van der Waals surface area (Å²) < 4.78 is 10.2. The van der Waals surface area contributed by atoms with Crippen LogP contribution in [0, 0.1) is 0 Å². The topological polar surface area (TPSA) is 114 Å². The minimum atomic E-state index is -1.12. The van der Waals surface area contributed by atoms with Crippen LogP contribution in [0.3, 0.4) is 0 Å². The molecular weight excluding hydrogens is 384 g/mol. The van der Waals surface area contributed by atoms with Gasteiger partial charge in [0.05, 0.1) is 0 Å². The van der Waals surface area contributed by atoms with Gasteiger partial charge in [0.1, 0.15) is 18.2 Å². The van der Waals surface area contributed by atoms with E-state index in [2.05, 4.69) is 10.6 Å². The number of carboxylic acids is 1. The molecule has 0 saturated carbocycles. The van der Waals surface area contributed by atoms with Gasteiger partial charge in [-0.05, 0) is 38.5 Å². The number of aliphatic carboxylic acids is 1. The Bertz CT molecular complexity index is 633. The van der Waals surface area contributed by atoms with E-state index < -0.39 is 29.8 Å². The van der Waals surface area contributed by atoms with Gasteiger partial charge in [-0.3, -0.25) is 0 Å². The minimum Gasteiger partial charge on any atom is -0.480 e. The lowest BCUT2D eigenvalue weighted by atomic mass is 10.2. The summed E-state index contributed by atoms with van der Waals surface area (Å²) in [4.78, 5) is 34.5. The lowest BCUT2D eigenvalue weighted by Crippen LogP contribution is -2.45. The molecule has 0 aliphatic carbocycles. The highest BCUT2D eigenvalue weighted by Crippen LogP contribution is 2.09. The summed E-state index contributed by atoms with van der Waals surface area (Å²) in [6.07, 6.45) is -0.614. The summed E-state index contributed by atoms with van der Waals surface area (Å²) in [6.45, 7) is 5.73. The molecule has 0 spiro atoms. The monoisotopic (exact) mass is 412 g/mol. The van der Waals surface area contributed by atoms with E-state index in [0.29, 0.717) is 18.7 Å². The van der Waals surface area contributed by atoms with Crippen molar-refractivity contribution in [3.8, 4) is 0 Å². The number of carboxylic acid groups (broad SMARTS) is 1. The van der Waals surface area contributed by atoms with Crippen LogP contribution in [0.2, 0.25) is 0 Å². The average molecular weight is 413 g/mol. The third-order valence-corrected chi connectivity index (χ3v) is 4.37. The molecule has 0 bridgehead atoms. The van der Waals surface area contributed by atoms with Gasteiger partial charge in [-0.1, -0.05) is 30.3 Å². The first-order chi connectivity index (χ1) is 13.2. The van der Waals surface area contributed by atoms with Crippen molar-refractivity contribution in [2.24, 2.45) is 0 Å². The number of ether oxygens (including phenoxy) is 2. The lowest BCUT2D eigenvalue weighted by molar-refractivity contribution is -0.138. The van der Waals surface area contributed by atoms with Crippen LogP contribution in [0.25, 0.3) is 0 Å². The van der Waals surface area contributed by atoms with Crippen molar-refractivity contribution >= 4 is 29.9 Å². The minimum absolute atomic E-state index is 0.201. The van der Waals surface area contributed by atoms with Gasteiger partial charge in [0.25, 0.3) is 0 Å².